The minimum Gasteiger partial charge on any atom is -0.464 e. The Labute approximate surface area is 118 Å². The Bertz CT molecular complexity index is 517. The van der Waals surface area contributed by atoms with Crippen LogP contribution in [-0.4, -0.2) is 17.5 Å². The van der Waals surface area contributed by atoms with Gasteiger partial charge in [-0.2, -0.15) is 0 Å². The number of carbonyl (C=O) groups is 1. The lowest BCUT2D eigenvalue weighted by atomic mass is 9.96. The Morgan fingerprint density at radius 3 is 2.55 bits per heavy atom. The average molecular weight is 277 g/mol. The van der Waals surface area contributed by atoms with Crippen LogP contribution in [0.2, 0.25) is 0 Å². The molecular weight excluding hydrogens is 258 g/mol. The molecule has 0 fully saturated rings. The van der Waals surface area contributed by atoms with Gasteiger partial charge in [0.25, 0.3) is 5.69 Å². The molecule has 0 radical (unpaired) electrons. The van der Waals surface area contributed by atoms with Gasteiger partial charge in [0, 0.05) is 17.5 Å². The first-order chi connectivity index (χ1) is 9.27. The van der Waals surface area contributed by atoms with Crippen molar-refractivity contribution in [3.63, 3.8) is 0 Å². The van der Waals surface area contributed by atoms with Gasteiger partial charge in [0.2, 0.25) is 0 Å². The summed E-state index contributed by atoms with van der Waals surface area (Å²) in [6, 6.07) is 6.39. The van der Waals surface area contributed by atoms with Crippen LogP contribution in [0.15, 0.2) is 36.9 Å². The van der Waals surface area contributed by atoms with E-state index < -0.39 is 16.3 Å². The van der Waals surface area contributed by atoms with E-state index in [4.69, 9.17) is 4.74 Å². The highest BCUT2D eigenvalue weighted by atomic mass is 16.6. The maximum atomic E-state index is 11.7. The molecule has 0 aliphatic rings. The monoisotopic (exact) mass is 277 g/mol. The smallest absolute Gasteiger partial charge is 0.311 e. The van der Waals surface area contributed by atoms with E-state index in [1.54, 1.807) is 45.0 Å². The number of ether oxygens (including phenoxy) is 1. The van der Waals surface area contributed by atoms with E-state index in [1.165, 1.54) is 6.07 Å². The molecule has 5 heteroatoms. The highest BCUT2D eigenvalue weighted by Crippen LogP contribution is 2.28. The van der Waals surface area contributed by atoms with Crippen LogP contribution in [0.4, 0.5) is 5.69 Å². The van der Waals surface area contributed by atoms with Crippen molar-refractivity contribution in [2.45, 2.75) is 26.7 Å². The van der Waals surface area contributed by atoms with E-state index in [9.17, 15) is 14.9 Å². The molecule has 0 N–H and O–H groups in total. The van der Waals surface area contributed by atoms with Crippen LogP contribution in [0.25, 0.3) is 0 Å². The second-order valence-corrected chi connectivity index (χ2v) is 5.51. The number of rotatable bonds is 5. The zero-order valence-corrected chi connectivity index (χ0v) is 12.0. The lowest BCUT2D eigenvalue weighted by molar-refractivity contribution is -0.385. The first-order valence-corrected chi connectivity index (χ1v) is 6.30. The quantitative estimate of drug-likeness (QED) is 0.358. The molecule has 0 spiro atoms. The Balaban J connectivity index is 2.90. The van der Waals surface area contributed by atoms with Gasteiger partial charge in [-0.15, -0.1) is 6.58 Å². The molecule has 0 heterocycles. The highest BCUT2D eigenvalue weighted by molar-refractivity contribution is 5.75. The Kier molecular flexibility index (Phi) is 5.02. The van der Waals surface area contributed by atoms with E-state index >= 15 is 0 Å². The summed E-state index contributed by atoms with van der Waals surface area (Å²) in [6.45, 7) is 8.97. The van der Waals surface area contributed by atoms with Gasteiger partial charge < -0.3 is 4.74 Å². The van der Waals surface area contributed by atoms with Crippen molar-refractivity contribution in [3.05, 3.63) is 52.6 Å². The normalized spacial score (nSPS) is 12.6. The van der Waals surface area contributed by atoms with Crippen LogP contribution in [0.1, 0.15) is 32.3 Å². The third-order valence-corrected chi connectivity index (χ3v) is 2.82. The van der Waals surface area contributed by atoms with Gasteiger partial charge in [0.15, 0.2) is 0 Å². The molecule has 1 rings (SSSR count). The fourth-order valence-corrected chi connectivity index (χ4v) is 1.63. The fourth-order valence-electron chi connectivity index (χ4n) is 1.63. The van der Waals surface area contributed by atoms with Gasteiger partial charge in [-0.25, -0.2) is 0 Å². The molecule has 1 aromatic carbocycles. The zero-order chi connectivity index (χ0) is 15.3. The van der Waals surface area contributed by atoms with Crippen molar-refractivity contribution in [2.75, 3.05) is 6.61 Å². The van der Waals surface area contributed by atoms with E-state index in [1.807, 2.05) is 0 Å². The first kappa shape index (κ1) is 15.9. The van der Waals surface area contributed by atoms with E-state index in [0.29, 0.717) is 5.56 Å². The number of hydrogen-bond donors (Lipinski definition) is 0. The lowest BCUT2D eigenvalue weighted by Gasteiger charge is -2.19. The molecule has 5 nitrogen and oxygen atoms in total. The van der Waals surface area contributed by atoms with Crippen molar-refractivity contribution in [1.29, 1.82) is 0 Å². The number of carbonyl (C=O) groups excluding carboxylic acids is 1. The molecule has 108 valence electrons. The Morgan fingerprint density at radius 2 is 2.05 bits per heavy atom. The van der Waals surface area contributed by atoms with Crippen LogP contribution in [0.3, 0.4) is 0 Å². The van der Waals surface area contributed by atoms with Crippen molar-refractivity contribution < 1.29 is 14.5 Å². The largest absolute Gasteiger partial charge is 0.464 e. The topological polar surface area (TPSA) is 69.4 Å². The van der Waals surface area contributed by atoms with Crippen molar-refractivity contribution >= 4 is 11.7 Å². The van der Waals surface area contributed by atoms with Crippen LogP contribution in [-0.2, 0) is 9.53 Å². The Morgan fingerprint density at radius 1 is 1.45 bits per heavy atom. The van der Waals surface area contributed by atoms with Crippen LogP contribution < -0.4 is 0 Å². The molecule has 0 saturated heterocycles. The van der Waals surface area contributed by atoms with Gasteiger partial charge in [0.1, 0.15) is 6.61 Å². The van der Waals surface area contributed by atoms with Crippen LogP contribution >= 0.6 is 0 Å². The van der Waals surface area contributed by atoms with Gasteiger partial charge in [-0.1, -0.05) is 24.3 Å². The van der Waals surface area contributed by atoms with E-state index in [-0.39, 0.29) is 18.3 Å². The molecule has 0 aromatic heterocycles. The summed E-state index contributed by atoms with van der Waals surface area (Å²) in [5, 5.41) is 11.0. The maximum absolute atomic E-state index is 11.7. The summed E-state index contributed by atoms with van der Waals surface area (Å²) in [4.78, 5) is 22.3. The minimum absolute atomic E-state index is 0.00390. The van der Waals surface area contributed by atoms with Crippen molar-refractivity contribution in [3.8, 4) is 0 Å². The Hall–Kier alpha value is -2.17. The second-order valence-electron chi connectivity index (χ2n) is 5.51. The number of para-hydroxylation sites is 1. The summed E-state index contributed by atoms with van der Waals surface area (Å²) in [7, 11) is 0. The number of nitro groups is 1. The predicted molar refractivity (Wildman–Crippen MR) is 76.4 cm³/mol. The standard InChI is InChI=1S/C15H19NO4/c1-5-11(10-20-14(17)15(2,3)4)12-8-6-7-9-13(12)16(18)19/h5-9,11H,1,10H2,2-4H3. The van der Waals surface area contributed by atoms with E-state index in [2.05, 4.69) is 6.58 Å². The van der Waals surface area contributed by atoms with Gasteiger partial charge in [-0.3, -0.25) is 14.9 Å². The van der Waals surface area contributed by atoms with Gasteiger partial charge >= 0.3 is 5.97 Å². The zero-order valence-electron chi connectivity index (χ0n) is 12.0. The van der Waals surface area contributed by atoms with Crippen molar-refractivity contribution in [1.82, 2.24) is 0 Å². The molecule has 0 aliphatic carbocycles. The summed E-state index contributed by atoms with van der Waals surface area (Å²) in [5.41, 5.74) is -0.104. The minimum atomic E-state index is -0.603. The molecule has 0 amide bonds. The molecule has 0 bridgehead atoms. The molecule has 0 saturated carbocycles. The third-order valence-electron chi connectivity index (χ3n) is 2.82. The predicted octanol–water partition coefficient (Wildman–Crippen LogP) is 3.45. The van der Waals surface area contributed by atoms with Crippen LogP contribution in [0, 0.1) is 15.5 Å². The third kappa shape index (κ3) is 3.91. The SMILES string of the molecule is C=CC(COC(=O)C(C)(C)C)c1ccccc1[N+](=O)[O-]. The molecule has 20 heavy (non-hydrogen) atoms. The number of hydrogen-bond acceptors (Lipinski definition) is 4. The number of nitrogens with zero attached hydrogens (tertiary/aromatic N) is 1. The first-order valence-electron chi connectivity index (χ1n) is 6.30. The molecular formula is C15H19NO4. The van der Waals surface area contributed by atoms with Gasteiger partial charge in [0.05, 0.1) is 10.3 Å². The molecule has 1 aromatic rings. The summed E-state index contributed by atoms with van der Waals surface area (Å²) in [6.07, 6.45) is 1.55. The fraction of sp³-hybridized carbons (Fsp3) is 0.400. The highest BCUT2D eigenvalue weighted by Gasteiger charge is 2.26. The molecule has 1 unspecified atom stereocenters. The number of esters is 1. The average Bonchev–Trinajstić information content (AvgIpc) is 2.38. The van der Waals surface area contributed by atoms with Gasteiger partial charge in [-0.05, 0) is 20.8 Å². The molecule has 0 aliphatic heterocycles. The number of benzene rings is 1. The summed E-state index contributed by atoms with van der Waals surface area (Å²) >= 11 is 0. The maximum Gasteiger partial charge on any atom is 0.311 e. The second kappa shape index (κ2) is 6.32. The summed E-state index contributed by atoms with van der Waals surface area (Å²) in [5.74, 6) is -0.745. The molecule has 1 atom stereocenters. The number of nitro benzene ring substituents is 1. The van der Waals surface area contributed by atoms with Crippen LogP contribution in [0.5, 0.6) is 0 Å². The lowest BCUT2D eigenvalue weighted by Crippen LogP contribution is -2.24. The summed E-state index contributed by atoms with van der Waals surface area (Å²) < 4.78 is 5.22. The van der Waals surface area contributed by atoms with Crippen molar-refractivity contribution in [2.24, 2.45) is 5.41 Å². The van der Waals surface area contributed by atoms with E-state index in [0.717, 1.165) is 0 Å².